The predicted octanol–water partition coefficient (Wildman–Crippen LogP) is 3.26. The largest absolute Gasteiger partial charge is 0.478 e. The lowest BCUT2D eigenvalue weighted by atomic mass is 10.2. The van der Waals surface area contributed by atoms with E-state index in [1.54, 1.807) is 0 Å². The number of carbonyl (C=O) groups is 2. The van der Waals surface area contributed by atoms with Crippen LogP contribution in [0.2, 0.25) is 5.02 Å². The van der Waals surface area contributed by atoms with E-state index in [4.69, 9.17) is 16.7 Å². The average Bonchev–Trinajstić information content (AvgIpc) is 2.88. The molecule has 7 nitrogen and oxygen atoms in total. The summed E-state index contributed by atoms with van der Waals surface area (Å²) in [5, 5.41) is 23.1. The van der Waals surface area contributed by atoms with Crippen molar-refractivity contribution in [2.24, 2.45) is 0 Å². The minimum atomic E-state index is -1.17. The molecular weight excluding hydrogens is 320 g/mol. The van der Waals surface area contributed by atoms with Crippen LogP contribution in [-0.4, -0.2) is 21.9 Å². The van der Waals surface area contributed by atoms with Crippen LogP contribution in [-0.2, 0) is 0 Å². The summed E-state index contributed by atoms with van der Waals surface area (Å²) in [6, 6.07) is 5.10. The van der Waals surface area contributed by atoms with Gasteiger partial charge in [-0.2, -0.15) is 0 Å². The number of halogens is 1. The summed E-state index contributed by atoms with van der Waals surface area (Å²) in [5.74, 6) is -1.72. The van der Waals surface area contributed by atoms with E-state index in [1.807, 2.05) is 0 Å². The molecule has 1 amide bonds. The molecule has 21 heavy (non-hydrogen) atoms. The number of hydrogen-bond acceptors (Lipinski definition) is 5. The van der Waals surface area contributed by atoms with Gasteiger partial charge in [-0.3, -0.25) is 14.9 Å². The Morgan fingerprint density at radius 1 is 1.33 bits per heavy atom. The number of anilines is 1. The maximum Gasteiger partial charge on any atom is 0.337 e. The third-order valence-corrected chi connectivity index (χ3v) is 3.68. The van der Waals surface area contributed by atoms with Gasteiger partial charge < -0.3 is 10.4 Å². The molecule has 0 unspecified atom stereocenters. The van der Waals surface area contributed by atoms with Gasteiger partial charge in [0.1, 0.15) is 0 Å². The normalized spacial score (nSPS) is 10.1. The summed E-state index contributed by atoms with van der Waals surface area (Å²) in [7, 11) is 0. The first kappa shape index (κ1) is 14.9. The molecule has 2 N–H and O–H groups in total. The fourth-order valence-electron chi connectivity index (χ4n) is 1.51. The van der Waals surface area contributed by atoms with Crippen LogP contribution in [0, 0.1) is 10.1 Å². The lowest BCUT2D eigenvalue weighted by Gasteiger charge is -2.05. The van der Waals surface area contributed by atoms with E-state index in [2.05, 4.69) is 5.32 Å². The molecule has 2 rings (SSSR count). The van der Waals surface area contributed by atoms with Gasteiger partial charge in [-0.25, -0.2) is 4.79 Å². The first-order valence-corrected chi connectivity index (χ1v) is 6.71. The zero-order chi connectivity index (χ0) is 15.6. The second-order valence-corrected chi connectivity index (χ2v) is 5.18. The van der Waals surface area contributed by atoms with Crippen molar-refractivity contribution >= 4 is 45.5 Å². The number of carboxylic acids is 1. The molecule has 0 aliphatic rings. The van der Waals surface area contributed by atoms with Crippen molar-refractivity contribution in [1.82, 2.24) is 0 Å². The molecule has 0 aliphatic carbocycles. The van der Waals surface area contributed by atoms with Gasteiger partial charge in [-0.15, -0.1) is 0 Å². The molecule has 1 heterocycles. The molecule has 108 valence electrons. The minimum absolute atomic E-state index is 0.0170. The number of aromatic carboxylic acids is 1. The summed E-state index contributed by atoms with van der Waals surface area (Å²) in [5.41, 5.74) is 0.356. The fraction of sp³-hybridized carbons (Fsp3) is 0. The van der Waals surface area contributed by atoms with E-state index in [1.165, 1.54) is 23.6 Å². The number of rotatable bonds is 4. The molecule has 0 bridgehead atoms. The number of hydrogen-bond donors (Lipinski definition) is 2. The molecule has 0 fully saturated rings. The van der Waals surface area contributed by atoms with Crippen molar-refractivity contribution in [2.75, 3.05) is 5.32 Å². The van der Waals surface area contributed by atoms with Crippen LogP contribution < -0.4 is 5.32 Å². The van der Waals surface area contributed by atoms with Crippen LogP contribution in [0.15, 0.2) is 29.6 Å². The highest BCUT2D eigenvalue weighted by Gasteiger charge is 2.16. The van der Waals surface area contributed by atoms with E-state index >= 15 is 0 Å². The quantitative estimate of drug-likeness (QED) is 0.662. The zero-order valence-electron chi connectivity index (χ0n) is 10.2. The maximum atomic E-state index is 11.9. The van der Waals surface area contributed by atoms with Crippen LogP contribution >= 0.6 is 22.9 Å². The van der Waals surface area contributed by atoms with Gasteiger partial charge in [0, 0.05) is 17.1 Å². The number of thiophene rings is 1. The lowest BCUT2D eigenvalue weighted by molar-refractivity contribution is -0.380. The number of carbonyl (C=O) groups excluding carboxylic acids is 1. The Bertz CT molecular complexity index is 743. The molecule has 1 aromatic carbocycles. The highest BCUT2D eigenvalue weighted by molar-refractivity contribution is 7.13. The summed E-state index contributed by atoms with van der Waals surface area (Å²) in [6.07, 6.45) is 0. The molecule has 0 atom stereocenters. The molecule has 1 aromatic heterocycles. The number of nitrogens with zero attached hydrogens (tertiary/aromatic N) is 1. The Kier molecular flexibility index (Phi) is 4.20. The fourth-order valence-corrected chi connectivity index (χ4v) is 2.47. The van der Waals surface area contributed by atoms with Gasteiger partial charge in [0.2, 0.25) is 0 Å². The monoisotopic (exact) mass is 326 g/mol. The number of carboxylic acid groups (broad SMARTS) is 1. The topological polar surface area (TPSA) is 110 Å². The van der Waals surface area contributed by atoms with Crippen LogP contribution in [0.25, 0.3) is 0 Å². The third kappa shape index (κ3) is 3.36. The minimum Gasteiger partial charge on any atom is -0.478 e. The summed E-state index contributed by atoms with van der Waals surface area (Å²) >= 11 is 6.62. The Hall–Kier alpha value is -2.45. The molecule has 0 saturated heterocycles. The van der Waals surface area contributed by atoms with Gasteiger partial charge in [0.15, 0.2) is 0 Å². The highest BCUT2D eigenvalue weighted by Crippen LogP contribution is 2.25. The first-order valence-electron chi connectivity index (χ1n) is 5.45. The number of benzene rings is 1. The lowest BCUT2D eigenvalue weighted by Crippen LogP contribution is -2.11. The molecule has 9 heteroatoms. The molecule has 0 aliphatic heterocycles. The van der Waals surface area contributed by atoms with Gasteiger partial charge in [0.25, 0.3) is 5.91 Å². The van der Waals surface area contributed by atoms with Crippen LogP contribution in [0.5, 0.6) is 0 Å². The van der Waals surface area contributed by atoms with Crippen molar-refractivity contribution < 1.29 is 19.6 Å². The second kappa shape index (κ2) is 5.90. The van der Waals surface area contributed by atoms with E-state index in [0.717, 1.165) is 17.4 Å². The molecular formula is C12H7ClN2O5S. The molecule has 0 radical (unpaired) electrons. The van der Waals surface area contributed by atoms with E-state index in [0.29, 0.717) is 5.69 Å². The summed E-state index contributed by atoms with van der Waals surface area (Å²) in [4.78, 5) is 32.7. The number of amides is 1. The zero-order valence-corrected chi connectivity index (χ0v) is 11.8. The SMILES string of the molecule is O=C(Nc1ccc(C(=O)O)c(Cl)c1)c1csc([N+](=O)[O-])c1. The van der Waals surface area contributed by atoms with E-state index in [-0.39, 0.29) is 21.2 Å². The maximum absolute atomic E-state index is 11.9. The molecule has 0 saturated carbocycles. The third-order valence-electron chi connectivity index (χ3n) is 2.49. The number of nitrogens with one attached hydrogen (secondary N) is 1. The smallest absolute Gasteiger partial charge is 0.337 e. The molecule has 0 spiro atoms. The van der Waals surface area contributed by atoms with Gasteiger partial charge in [0.05, 0.1) is 21.1 Å². The first-order chi connectivity index (χ1) is 9.88. The van der Waals surface area contributed by atoms with Crippen molar-refractivity contribution in [3.05, 3.63) is 55.9 Å². The van der Waals surface area contributed by atoms with Crippen molar-refractivity contribution in [2.45, 2.75) is 0 Å². The van der Waals surface area contributed by atoms with Crippen LogP contribution in [0.4, 0.5) is 10.7 Å². The van der Waals surface area contributed by atoms with Gasteiger partial charge in [-0.1, -0.05) is 22.9 Å². The Labute approximate surface area is 126 Å². The Morgan fingerprint density at radius 2 is 2.05 bits per heavy atom. The van der Waals surface area contributed by atoms with Crippen molar-refractivity contribution in [1.29, 1.82) is 0 Å². The summed E-state index contributed by atoms with van der Waals surface area (Å²) in [6.45, 7) is 0. The average molecular weight is 327 g/mol. The second-order valence-electron chi connectivity index (χ2n) is 3.88. The molecule has 2 aromatic rings. The van der Waals surface area contributed by atoms with Crippen molar-refractivity contribution in [3.8, 4) is 0 Å². The number of nitro groups is 1. The highest BCUT2D eigenvalue weighted by atomic mass is 35.5. The van der Waals surface area contributed by atoms with Crippen molar-refractivity contribution in [3.63, 3.8) is 0 Å². The van der Waals surface area contributed by atoms with Gasteiger partial charge >= 0.3 is 11.0 Å². The Balaban J connectivity index is 2.17. The van der Waals surface area contributed by atoms with Crippen LogP contribution in [0.1, 0.15) is 20.7 Å². The summed E-state index contributed by atoms with van der Waals surface area (Å²) < 4.78 is 0. The van der Waals surface area contributed by atoms with E-state index < -0.39 is 16.8 Å². The van der Waals surface area contributed by atoms with Crippen LogP contribution in [0.3, 0.4) is 0 Å². The Morgan fingerprint density at radius 3 is 2.57 bits per heavy atom. The van der Waals surface area contributed by atoms with E-state index in [9.17, 15) is 19.7 Å². The predicted molar refractivity (Wildman–Crippen MR) is 77.3 cm³/mol. The standard InChI is InChI=1S/C12H7ClN2O5S/c13-9-4-7(1-2-8(9)12(17)18)14-11(16)6-3-10(15(19)20)21-5-6/h1-5H,(H,14,16)(H,17,18). The van der Waals surface area contributed by atoms with Gasteiger partial charge in [-0.05, 0) is 18.2 Å².